The number of halogens is 5. The van der Waals surface area contributed by atoms with Crippen LogP contribution in [0.15, 0.2) is 24.3 Å². The summed E-state index contributed by atoms with van der Waals surface area (Å²) in [5.41, 5.74) is -0.724. The number of rotatable bonds is 3. The number of pyridine rings is 1. The summed E-state index contributed by atoms with van der Waals surface area (Å²) in [6, 6.07) is 4.14. The molecule has 190 valence electrons. The molecular formula is C23H26ClF4N5O2. The molecule has 35 heavy (non-hydrogen) atoms. The van der Waals surface area contributed by atoms with Crippen LogP contribution in [0, 0.1) is 0 Å². The highest BCUT2D eigenvalue weighted by molar-refractivity contribution is 6.31. The fraction of sp³-hybridized carbons (Fsp3) is 0.522. The molecule has 2 fully saturated rings. The van der Waals surface area contributed by atoms with Gasteiger partial charge in [0, 0.05) is 55.2 Å². The summed E-state index contributed by atoms with van der Waals surface area (Å²) in [6.45, 7) is 2.54. The lowest BCUT2D eigenvalue weighted by Gasteiger charge is -2.39. The van der Waals surface area contributed by atoms with Crippen molar-refractivity contribution in [1.82, 2.24) is 20.1 Å². The summed E-state index contributed by atoms with van der Waals surface area (Å²) in [4.78, 5) is 31.7. The zero-order valence-electron chi connectivity index (χ0n) is 19.0. The number of piperidine rings is 2. The van der Waals surface area contributed by atoms with Gasteiger partial charge in [0.2, 0.25) is 5.91 Å². The zero-order valence-corrected chi connectivity index (χ0v) is 19.8. The number of nitrogens with zero attached hydrogens (tertiary/aromatic N) is 3. The fourth-order valence-corrected chi connectivity index (χ4v) is 4.74. The molecule has 2 aromatic rings. The zero-order chi connectivity index (χ0) is 25.3. The molecule has 2 aliphatic heterocycles. The molecule has 2 saturated heterocycles. The SMILES string of the molecule is CC(=O)N1C[C@@H](NC(=O)N2CCC(F)CC2)C[C@@H](Nc2cc(C(F)(F)F)nc3ccc(Cl)cc23)C1. The van der Waals surface area contributed by atoms with Gasteiger partial charge >= 0.3 is 12.2 Å². The minimum Gasteiger partial charge on any atom is -0.380 e. The van der Waals surface area contributed by atoms with Crippen LogP contribution in [0.2, 0.25) is 5.02 Å². The minimum atomic E-state index is -4.65. The summed E-state index contributed by atoms with van der Waals surface area (Å²) in [7, 11) is 0. The van der Waals surface area contributed by atoms with Crippen LogP contribution in [-0.4, -0.2) is 71.2 Å². The van der Waals surface area contributed by atoms with Crippen LogP contribution < -0.4 is 10.6 Å². The van der Waals surface area contributed by atoms with Gasteiger partial charge in [0.25, 0.3) is 0 Å². The molecule has 0 spiro atoms. The van der Waals surface area contributed by atoms with Crippen molar-refractivity contribution in [3.05, 3.63) is 35.0 Å². The van der Waals surface area contributed by atoms with E-state index in [-0.39, 0.29) is 49.1 Å². The van der Waals surface area contributed by atoms with Gasteiger partial charge in [-0.2, -0.15) is 13.2 Å². The number of hydrogen-bond acceptors (Lipinski definition) is 4. The molecule has 1 aromatic carbocycles. The van der Waals surface area contributed by atoms with Crippen molar-refractivity contribution in [3.8, 4) is 0 Å². The number of likely N-dealkylation sites (tertiary alicyclic amines) is 2. The number of fused-ring (bicyclic) bond motifs is 1. The highest BCUT2D eigenvalue weighted by atomic mass is 35.5. The lowest BCUT2D eigenvalue weighted by Crippen LogP contribution is -2.58. The highest BCUT2D eigenvalue weighted by Gasteiger charge is 2.35. The summed E-state index contributed by atoms with van der Waals surface area (Å²) in [6.07, 6.45) is -4.63. The summed E-state index contributed by atoms with van der Waals surface area (Å²) >= 11 is 6.08. The third-order valence-corrected chi connectivity index (χ3v) is 6.59. The van der Waals surface area contributed by atoms with Gasteiger partial charge in [-0.25, -0.2) is 14.2 Å². The van der Waals surface area contributed by atoms with Gasteiger partial charge in [-0.15, -0.1) is 0 Å². The van der Waals surface area contributed by atoms with Crippen LogP contribution in [0.3, 0.4) is 0 Å². The van der Waals surface area contributed by atoms with Gasteiger partial charge in [-0.05, 0) is 43.5 Å². The molecule has 12 heteroatoms. The number of nitrogens with one attached hydrogen (secondary N) is 2. The molecule has 1 aromatic heterocycles. The van der Waals surface area contributed by atoms with Crippen molar-refractivity contribution in [3.63, 3.8) is 0 Å². The second-order valence-corrected chi connectivity index (χ2v) is 9.46. The first-order valence-corrected chi connectivity index (χ1v) is 11.8. The number of carbonyl (C=O) groups excluding carboxylic acids is 2. The van der Waals surface area contributed by atoms with E-state index < -0.39 is 30.1 Å². The molecular weight excluding hydrogens is 490 g/mol. The molecule has 4 rings (SSSR count). The van der Waals surface area contributed by atoms with Crippen molar-refractivity contribution in [2.75, 3.05) is 31.5 Å². The number of carbonyl (C=O) groups is 2. The van der Waals surface area contributed by atoms with Crippen LogP contribution in [0.4, 0.5) is 28.0 Å². The smallest absolute Gasteiger partial charge is 0.380 e. The Morgan fingerprint density at radius 1 is 1.09 bits per heavy atom. The maximum absolute atomic E-state index is 13.5. The van der Waals surface area contributed by atoms with Gasteiger partial charge < -0.3 is 20.4 Å². The topological polar surface area (TPSA) is 77.6 Å². The van der Waals surface area contributed by atoms with Crippen LogP contribution in [-0.2, 0) is 11.0 Å². The molecule has 7 nitrogen and oxygen atoms in total. The van der Waals surface area contributed by atoms with E-state index in [4.69, 9.17) is 11.6 Å². The van der Waals surface area contributed by atoms with E-state index in [1.165, 1.54) is 25.1 Å². The molecule has 0 radical (unpaired) electrons. The molecule has 3 heterocycles. The van der Waals surface area contributed by atoms with E-state index in [1.807, 2.05) is 0 Å². The van der Waals surface area contributed by atoms with Crippen LogP contribution in [0.5, 0.6) is 0 Å². The number of alkyl halides is 4. The molecule has 3 amide bonds. The van der Waals surface area contributed by atoms with E-state index in [9.17, 15) is 27.2 Å². The van der Waals surface area contributed by atoms with Gasteiger partial charge in [0.15, 0.2) is 0 Å². The van der Waals surface area contributed by atoms with E-state index in [0.29, 0.717) is 29.9 Å². The summed E-state index contributed by atoms with van der Waals surface area (Å²) in [5, 5.41) is 6.80. The number of hydrogen-bond donors (Lipinski definition) is 2. The Kier molecular flexibility index (Phi) is 7.25. The number of urea groups is 1. The normalized spacial score (nSPS) is 21.8. The average molecular weight is 516 g/mol. The van der Waals surface area contributed by atoms with Crippen molar-refractivity contribution in [2.45, 2.75) is 50.6 Å². The second kappa shape index (κ2) is 10.0. The number of benzene rings is 1. The Balaban J connectivity index is 1.56. The van der Waals surface area contributed by atoms with Crippen molar-refractivity contribution < 1.29 is 27.2 Å². The first kappa shape index (κ1) is 25.3. The fourth-order valence-electron chi connectivity index (χ4n) is 4.56. The standard InChI is InChI=1S/C23H26ClF4N5O2/c1-13(34)33-11-16(9-17(12-33)30-22(35)32-6-4-15(25)5-7-32)29-20-10-21(23(26,27)28)31-19-3-2-14(24)8-18(19)20/h2-3,8,10,15-17H,4-7,9,11-12H2,1H3,(H,29,31)(H,30,35)/t16-,17+/m1/s1. The summed E-state index contributed by atoms with van der Waals surface area (Å²) in [5.74, 6) is -0.215. The Morgan fingerprint density at radius 3 is 2.43 bits per heavy atom. The predicted molar refractivity (Wildman–Crippen MR) is 124 cm³/mol. The largest absolute Gasteiger partial charge is 0.433 e. The number of anilines is 1. The lowest BCUT2D eigenvalue weighted by molar-refractivity contribution is -0.140. The van der Waals surface area contributed by atoms with Gasteiger partial charge in [-0.1, -0.05) is 11.6 Å². The van der Waals surface area contributed by atoms with Crippen molar-refractivity contribution in [1.29, 1.82) is 0 Å². The molecule has 0 unspecified atom stereocenters. The first-order chi connectivity index (χ1) is 16.5. The number of aromatic nitrogens is 1. The highest BCUT2D eigenvalue weighted by Crippen LogP contribution is 2.35. The van der Waals surface area contributed by atoms with Gasteiger partial charge in [0.05, 0.1) is 11.6 Å². The van der Waals surface area contributed by atoms with Crippen LogP contribution >= 0.6 is 11.6 Å². The van der Waals surface area contributed by atoms with Crippen LogP contribution in [0.25, 0.3) is 10.9 Å². The molecule has 2 aliphatic rings. The average Bonchev–Trinajstić information content (AvgIpc) is 2.78. The van der Waals surface area contributed by atoms with Gasteiger partial charge in [0.1, 0.15) is 11.9 Å². The molecule has 2 atom stereocenters. The van der Waals surface area contributed by atoms with E-state index in [0.717, 1.165) is 6.07 Å². The maximum Gasteiger partial charge on any atom is 0.433 e. The number of amides is 3. The lowest BCUT2D eigenvalue weighted by atomic mass is 9.99. The maximum atomic E-state index is 13.5. The van der Waals surface area contributed by atoms with E-state index >= 15 is 0 Å². The Hall–Kier alpha value is -2.82. The van der Waals surface area contributed by atoms with E-state index in [1.54, 1.807) is 9.80 Å². The first-order valence-electron chi connectivity index (χ1n) is 11.4. The minimum absolute atomic E-state index is 0.132. The Bertz CT molecular complexity index is 1110. The quantitative estimate of drug-likeness (QED) is 0.592. The van der Waals surface area contributed by atoms with E-state index in [2.05, 4.69) is 15.6 Å². The molecule has 0 saturated carbocycles. The monoisotopic (exact) mass is 515 g/mol. The van der Waals surface area contributed by atoms with Crippen LogP contribution in [0.1, 0.15) is 31.9 Å². The Labute approximate surface area is 204 Å². The molecule has 2 N–H and O–H groups in total. The molecule has 0 bridgehead atoms. The third-order valence-electron chi connectivity index (χ3n) is 6.36. The predicted octanol–water partition coefficient (Wildman–Crippen LogP) is 4.45. The Morgan fingerprint density at radius 2 is 1.77 bits per heavy atom. The van der Waals surface area contributed by atoms with Crippen molar-refractivity contribution >= 4 is 40.1 Å². The van der Waals surface area contributed by atoms with Gasteiger partial charge in [-0.3, -0.25) is 4.79 Å². The second-order valence-electron chi connectivity index (χ2n) is 9.02. The van der Waals surface area contributed by atoms with Crippen molar-refractivity contribution in [2.24, 2.45) is 0 Å². The summed E-state index contributed by atoms with van der Waals surface area (Å²) < 4.78 is 53.9. The molecule has 0 aliphatic carbocycles. The third kappa shape index (κ3) is 6.06.